The minimum absolute atomic E-state index is 0.0168. The molecule has 306 valence electrons. The van der Waals surface area contributed by atoms with Gasteiger partial charge in [-0.2, -0.15) is 0 Å². The van der Waals surface area contributed by atoms with Crippen LogP contribution < -0.4 is 5.32 Å². The van der Waals surface area contributed by atoms with Gasteiger partial charge in [0.1, 0.15) is 0 Å². The maximum absolute atomic E-state index is 13.9. The van der Waals surface area contributed by atoms with Crippen LogP contribution in [0.3, 0.4) is 0 Å². The average molecular weight is 808 g/mol. The number of carboxylic acids is 1. The molecule has 2 aromatic carbocycles. The summed E-state index contributed by atoms with van der Waals surface area (Å²) in [7, 11) is 3.86. The number of hydrogen-bond acceptors (Lipinski definition) is 8. The molecule has 9 rings (SSSR count). The number of anilines is 1. The van der Waals surface area contributed by atoms with Crippen LogP contribution in [0.4, 0.5) is 5.69 Å². The van der Waals surface area contributed by atoms with Crippen molar-refractivity contribution in [1.29, 1.82) is 0 Å². The molecule has 1 amide bonds. The van der Waals surface area contributed by atoms with E-state index in [0.717, 1.165) is 149 Å². The van der Waals surface area contributed by atoms with Crippen molar-refractivity contribution in [2.45, 2.75) is 96.7 Å². The number of carboxylic acid groups (broad SMARTS) is 1. The Bertz CT molecular complexity index is 2280. The summed E-state index contributed by atoms with van der Waals surface area (Å²) in [6.45, 7) is 7.81. The first kappa shape index (κ1) is 39.1. The first-order valence-corrected chi connectivity index (χ1v) is 21.4. The van der Waals surface area contributed by atoms with E-state index >= 15 is 0 Å². The number of nitrogens with zero attached hydrogens (tertiary/aromatic N) is 6. The Morgan fingerprint density at radius 2 is 1.57 bits per heavy atom. The number of fused-ring (bicyclic) bond motifs is 4. The lowest BCUT2D eigenvalue weighted by molar-refractivity contribution is -0.148. The van der Waals surface area contributed by atoms with Crippen LogP contribution in [0.1, 0.15) is 107 Å². The zero-order chi connectivity index (χ0) is 40.3. The lowest BCUT2D eigenvalue weighted by Crippen LogP contribution is -2.42. The molecule has 4 aromatic rings. The van der Waals surface area contributed by atoms with Crippen LogP contribution in [0, 0.1) is 17.8 Å². The van der Waals surface area contributed by atoms with Gasteiger partial charge in [0.15, 0.2) is 11.6 Å². The number of aromatic nitrogens is 4. The van der Waals surface area contributed by atoms with Gasteiger partial charge in [0, 0.05) is 95.7 Å². The highest BCUT2D eigenvalue weighted by atomic mass is 35.5. The van der Waals surface area contributed by atoms with Gasteiger partial charge in [0.2, 0.25) is 5.78 Å². The molecule has 5 aliphatic rings. The number of aliphatic carboxylic acids is 1. The first-order valence-electron chi connectivity index (χ1n) is 21.0. The Morgan fingerprint density at radius 1 is 0.897 bits per heavy atom. The second kappa shape index (κ2) is 15.3. The second-order valence-corrected chi connectivity index (χ2v) is 18.1. The number of imidazole rings is 2. The summed E-state index contributed by atoms with van der Waals surface area (Å²) in [5.74, 6) is -0.119. The molecule has 0 unspecified atom stereocenters. The third-order valence-electron chi connectivity index (χ3n) is 14.5. The minimum atomic E-state index is -0.619. The number of carbonyl (C=O) groups excluding carboxylic acids is 2. The van der Waals surface area contributed by atoms with Gasteiger partial charge in [-0.25, -0.2) is 9.97 Å². The summed E-state index contributed by atoms with van der Waals surface area (Å²) in [6.07, 6.45) is 9.39. The molecule has 58 heavy (non-hydrogen) atoms. The average Bonchev–Trinajstić information content (AvgIpc) is 3.99. The number of rotatable bonds is 11. The Balaban J connectivity index is 0.863. The molecule has 0 atom stereocenters. The molecular weight excluding hydrogens is 754 g/mol. The molecule has 3 aliphatic heterocycles. The van der Waals surface area contributed by atoms with Gasteiger partial charge < -0.3 is 24.3 Å². The van der Waals surface area contributed by atoms with E-state index in [-0.39, 0.29) is 23.5 Å². The van der Waals surface area contributed by atoms with Crippen molar-refractivity contribution in [2.75, 3.05) is 38.2 Å². The number of carbonyl (C=O) groups is 3. The van der Waals surface area contributed by atoms with Gasteiger partial charge in [-0.05, 0) is 93.0 Å². The number of ether oxygens (including phenoxy) is 1. The number of nitrogens with one attached hydrogen (secondary N) is 1. The number of hydrogen-bond donors (Lipinski definition) is 2. The van der Waals surface area contributed by atoms with Crippen molar-refractivity contribution in [2.24, 2.45) is 24.9 Å². The maximum atomic E-state index is 13.9. The van der Waals surface area contributed by atoms with E-state index in [9.17, 15) is 19.5 Å². The lowest BCUT2D eigenvalue weighted by atomic mass is 9.80. The van der Waals surface area contributed by atoms with Crippen LogP contribution in [0.25, 0.3) is 11.1 Å². The topological polar surface area (TPSA) is 135 Å². The van der Waals surface area contributed by atoms with Crippen molar-refractivity contribution in [3.05, 3.63) is 87.0 Å². The van der Waals surface area contributed by atoms with Gasteiger partial charge in [-0.3, -0.25) is 24.2 Å². The zero-order valence-corrected chi connectivity index (χ0v) is 34.7. The molecule has 3 fully saturated rings. The van der Waals surface area contributed by atoms with Crippen LogP contribution in [0.15, 0.2) is 36.4 Å². The predicted octanol–water partition coefficient (Wildman–Crippen LogP) is 6.78. The number of halogens is 1. The molecule has 0 radical (unpaired) electrons. The van der Waals surface area contributed by atoms with Gasteiger partial charge in [0.05, 0.1) is 27.5 Å². The summed E-state index contributed by atoms with van der Waals surface area (Å²) in [6, 6.07) is 12.1. The molecule has 1 saturated heterocycles. The fraction of sp³-hybridized carbons (Fsp3) is 0.533. The molecule has 2 bridgehead atoms. The fourth-order valence-corrected chi connectivity index (χ4v) is 11.2. The Morgan fingerprint density at radius 3 is 2.31 bits per heavy atom. The van der Waals surface area contributed by atoms with Crippen molar-refractivity contribution >= 4 is 34.9 Å². The zero-order valence-electron chi connectivity index (χ0n) is 33.9. The van der Waals surface area contributed by atoms with Crippen LogP contribution in [0.5, 0.6) is 0 Å². The summed E-state index contributed by atoms with van der Waals surface area (Å²) in [5, 5.41) is 13.3. The number of ketones is 1. The summed E-state index contributed by atoms with van der Waals surface area (Å²) in [4.78, 5) is 54.3. The normalized spacial score (nSPS) is 23.5. The van der Waals surface area contributed by atoms with Crippen LogP contribution in [0.2, 0.25) is 5.02 Å². The quantitative estimate of drug-likeness (QED) is 0.157. The Labute approximate surface area is 344 Å². The summed E-state index contributed by atoms with van der Waals surface area (Å²) < 4.78 is 9.48. The lowest BCUT2D eigenvalue weighted by Gasteiger charge is -2.36. The molecule has 13 heteroatoms. The summed E-state index contributed by atoms with van der Waals surface area (Å²) >= 11 is 7.08. The minimum Gasteiger partial charge on any atom is -0.481 e. The highest BCUT2D eigenvalue weighted by Crippen LogP contribution is 2.63. The van der Waals surface area contributed by atoms with Crippen LogP contribution in [-0.4, -0.2) is 90.6 Å². The van der Waals surface area contributed by atoms with Crippen molar-refractivity contribution < 1.29 is 24.2 Å². The third-order valence-corrected chi connectivity index (χ3v) is 14.9. The van der Waals surface area contributed by atoms with Gasteiger partial charge >= 0.3 is 5.97 Å². The smallest absolute Gasteiger partial charge is 0.309 e. The molecule has 5 heterocycles. The molecule has 12 nitrogen and oxygen atoms in total. The number of amides is 1. The SMILES string of the molecule is Cc1c(CC(=O)c2nc3c(n2C)CCN(C2CCOCC2)C3)cccc1-c1cccc(NC(=O)c2nc3c(n2C)CCN(CCC24CCC(C(=O)O)(CC2)C4)C3)c1Cl. The third kappa shape index (κ3) is 6.99. The van der Waals surface area contributed by atoms with E-state index in [1.54, 1.807) is 6.07 Å². The van der Waals surface area contributed by atoms with Crippen LogP contribution in [-0.2, 0) is 56.0 Å². The van der Waals surface area contributed by atoms with E-state index in [1.807, 2.05) is 60.5 Å². The van der Waals surface area contributed by atoms with E-state index in [2.05, 4.69) is 15.1 Å². The Hall–Kier alpha value is -4.36. The largest absolute Gasteiger partial charge is 0.481 e. The van der Waals surface area contributed by atoms with Gasteiger partial charge in [-0.15, -0.1) is 0 Å². The number of benzene rings is 2. The molecule has 2 N–H and O–H groups in total. The second-order valence-electron chi connectivity index (χ2n) is 17.7. The van der Waals surface area contributed by atoms with E-state index in [4.69, 9.17) is 26.3 Å². The fourth-order valence-electron chi connectivity index (χ4n) is 10.9. The molecule has 2 aliphatic carbocycles. The van der Waals surface area contributed by atoms with E-state index in [0.29, 0.717) is 34.9 Å². The van der Waals surface area contributed by atoms with Crippen molar-refractivity contribution in [3.8, 4) is 11.1 Å². The number of Topliss-reactive ketones (excluding diaryl/α,β-unsaturated/α-hetero) is 1. The van der Waals surface area contributed by atoms with Crippen molar-refractivity contribution in [1.82, 2.24) is 28.9 Å². The van der Waals surface area contributed by atoms with E-state index in [1.165, 1.54) is 0 Å². The van der Waals surface area contributed by atoms with Crippen molar-refractivity contribution in [3.63, 3.8) is 0 Å². The standard InChI is InChI=1S/C45H54ClN7O5/c1-28-29(24-38(54)40-47-35-26-53(20-11-37(35)50(40)2)30-12-22-58-23-13-30)6-4-7-31(28)32-8-5-9-33(39(32)46)49-42(55)41-48-34-25-52(19-10-36(34)51(41)3)21-18-44-14-16-45(27-44,17-15-44)43(56)57/h4-9,30H,10-27H2,1-3H3,(H,49,55)(H,56,57). The molecule has 2 aromatic heterocycles. The Kier molecular flexibility index (Phi) is 10.4. The molecular formula is C45H54ClN7O5. The highest BCUT2D eigenvalue weighted by molar-refractivity contribution is 6.36. The van der Waals surface area contributed by atoms with Gasteiger partial charge in [-0.1, -0.05) is 41.9 Å². The molecule has 2 saturated carbocycles. The van der Waals surface area contributed by atoms with E-state index < -0.39 is 11.4 Å². The van der Waals surface area contributed by atoms with Gasteiger partial charge in [0.25, 0.3) is 5.91 Å². The molecule has 0 spiro atoms. The summed E-state index contributed by atoms with van der Waals surface area (Å²) in [5.41, 5.74) is 7.80. The predicted molar refractivity (Wildman–Crippen MR) is 221 cm³/mol. The first-order chi connectivity index (χ1) is 27.9. The van der Waals surface area contributed by atoms with Crippen LogP contribution >= 0.6 is 11.6 Å². The highest BCUT2D eigenvalue weighted by Gasteiger charge is 2.57. The maximum Gasteiger partial charge on any atom is 0.309 e. The monoisotopic (exact) mass is 807 g/mol.